The second-order valence-electron chi connectivity index (χ2n) is 3.09. The van der Waals surface area contributed by atoms with Crippen molar-refractivity contribution in [2.45, 2.75) is 0 Å². The monoisotopic (exact) mass is 229 g/mol. The number of nitrogens with zero attached hydrogens (tertiary/aromatic N) is 2. The van der Waals surface area contributed by atoms with Crippen LogP contribution in [0.1, 0.15) is 5.56 Å². The highest BCUT2D eigenvalue weighted by atomic mass is 16.6. The fourth-order valence-electron chi connectivity index (χ4n) is 1.09. The van der Waals surface area contributed by atoms with Gasteiger partial charge in [-0.15, -0.1) is 0 Å². The van der Waals surface area contributed by atoms with Gasteiger partial charge in [0.1, 0.15) is 6.61 Å². The minimum atomic E-state index is -0.427. The van der Waals surface area contributed by atoms with E-state index < -0.39 is 5.95 Å². The van der Waals surface area contributed by atoms with E-state index in [0.717, 1.165) is 11.8 Å². The van der Waals surface area contributed by atoms with E-state index in [4.69, 9.17) is 15.2 Å². The largest absolute Gasteiger partial charge is 0.476 e. The standard InChI is InChI=1S/C13H12N2O2/c14-15-11-13(16)17-10-6-2-5-9-12-7-3-1-4-8-12/h1-9,11H,10H2/p+1/b6-2+,9-5+,13-11-. The zero-order valence-corrected chi connectivity index (χ0v) is 9.23. The summed E-state index contributed by atoms with van der Waals surface area (Å²) in [7, 11) is 0. The smallest absolute Gasteiger partial charge is 0.429 e. The second-order valence-corrected chi connectivity index (χ2v) is 3.09. The molecular weight excluding hydrogens is 216 g/mol. The van der Waals surface area contributed by atoms with Crippen LogP contribution in [0, 0.1) is 5.39 Å². The normalized spacial score (nSPS) is 11.8. The van der Waals surface area contributed by atoms with Crippen molar-refractivity contribution in [2.24, 2.45) is 0 Å². The highest BCUT2D eigenvalue weighted by molar-refractivity contribution is 5.50. The van der Waals surface area contributed by atoms with Crippen LogP contribution in [0.25, 0.3) is 11.1 Å². The van der Waals surface area contributed by atoms with Gasteiger partial charge >= 0.3 is 12.1 Å². The van der Waals surface area contributed by atoms with Crippen LogP contribution < -0.4 is 0 Å². The summed E-state index contributed by atoms with van der Waals surface area (Å²) in [5, 5.41) is 17.0. The van der Waals surface area contributed by atoms with E-state index in [2.05, 4.69) is 4.98 Å². The molecule has 0 fully saturated rings. The summed E-state index contributed by atoms with van der Waals surface area (Å²) in [5.41, 5.74) is 1.11. The number of ether oxygens (including phenoxy) is 1. The molecule has 4 heteroatoms. The highest BCUT2D eigenvalue weighted by Crippen LogP contribution is 2.00. The van der Waals surface area contributed by atoms with E-state index >= 15 is 0 Å². The molecule has 0 saturated carbocycles. The Morgan fingerprint density at radius 3 is 2.76 bits per heavy atom. The van der Waals surface area contributed by atoms with Gasteiger partial charge in [0.15, 0.2) is 4.98 Å². The number of hydrogen-bond donors (Lipinski definition) is 1. The molecule has 0 aromatic heterocycles. The van der Waals surface area contributed by atoms with Crippen LogP contribution >= 0.6 is 0 Å². The van der Waals surface area contributed by atoms with E-state index in [1.807, 2.05) is 42.5 Å². The van der Waals surface area contributed by atoms with Crippen LogP contribution in [-0.4, -0.2) is 11.7 Å². The summed E-state index contributed by atoms with van der Waals surface area (Å²) in [4.78, 5) is 2.62. The molecule has 1 rings (SSSR count). The van der Waals surface area contributed by atoms with Gasteiger partial charge in [-0.1, -0.05) is 48.6 Å². The van der Waals surface area contributed by atoms with Crippen LogP contribution in [0.15, 0.2) is 60.7 Å². The van der Waals surface area contributed by atoms with Gasteiger partial charge in [-0.2, -0.15) is 0 Å². The lowest BCUT2D eigenvalue weighted by Gasteiger charge is -1.94. The molecule has 17 heavy (non-hydrogen) atoms. The molecule has 0 radical (unpaired) electrons. The first kappa shape index (κ1) is 12.5. The summed E-state index contributed by atoms with van der Waals surface area (Å²) in [6.45, 7) is 0.205. The van der Waals surface area contributed by atoms with Crippen LogP contribution in [0.2, 0.25) is 0 Å². The third-order valence-electron chi connectivity index (χ3n) is 1.83. The molecule has 1 N–H and O–H groups in total. The van der Waals surface area contributed by atoms with Gasteiger partial charge in [-0.3, -0.25) is 0 Å². The van der Waals surface area contributed by atoms with Gasteiger partial charge in [0.25, 0.3) is 0 Å². The molecule has 0 aliphatic heterocycles. The number of allylic oxidation sites excluding steroid dienone is 2. The molecule has 0 atom stereocenters. The summed E-state index contributed by atoms with van der Waals surface area (Å²) < 4.78 is 4.78. The Hall–Kier alpha value is -2.54. The molecule has 0 unspecified atom stereocenters. The Morgan fingerprint density at radius 1 is 1.29 bits per heavy atom. The van der Waals surface area contributed by atoms with Crippen molar-refractivity contribution >= 4 is 6.08 Å². The highest BCUT2D eigenvalue weighted by Gasteiger charge is 1.96. The number of benzene rings is 1. The first-order valence-electron chi connectivity index (χ1n) is 5.07. The fourth-order valence-corrected chi connectivity index (χ4v) is 1.09. The van der Waals surface area contributed by atoms with E-state index in [0.29, 0.717) is 0 Å². The molecule has 0 amide bonds. The van der Waals surface area contributed by atoms with Gasteiger partial charge in [-0.05, 0) is 11.6 Å². The lowest BCUT2D eigenvalue weighted by molar-refractivity contribution is 0.112. The average molecular weight is 229 g/mol. The Kier molecular flexibility index (Phi) is 5.68. The maximum atomic E-state index is 8.92. The third-order valence-corrected chi connectivity index (χ3v) is 1.83. The summed E-state index contributed by atoms with van der Waals surface area (Å²) in [6.07, 6.45) is 8.16. The van der Waals surface area contributed by atoms with E-state index in [1.165, 1.54) is 0 Å². The fraction of sp³-hybridized carbons (Fsp3) is 0.0769. The van der Waals surface area contributed by atoms with E-state index in [9.17, 15) is 0 Å². The Bertz CT molecular complexity index is 456. The SMILES string of the molecule is N#[N+]/C=C(/O)OC/C=C/C=C/c1ccccc1. The molecule has 0 heterocycles. The molecule has 0 saturated heterocycles. The zero-order valence-electron chi connectivity index (χ0n) is 9.23. The molecule has 1 aromatic rings. The molecule has 0 spiro atoms. The number of aliphatic hydroxyl groups excluding tert-OH is 1. The Balaban J connectivity index is 2.30. The second kappa shape index (κ2) is 7.71. The average Bonchev–Trinajstić information content (AvgIpc) is 2.35. The van der Waals surface area contributed by atoms with Crippen LogP contribution in [0.4, 0.5) is 0 Å². The van der Waals surface area contributed by atoms with Gasteiger partial charge in [0.05, 0.1) is 0 Å². The molecular formula is C13H13N2O2+. The maximum absolute atomic E-state index is 8.92. The molecule has 0 aliphatic rings. The number of rotatable bonds is 5. The third kappa shape index (κ3) is 5.80. The topological polar surface area (TPSA) is 57.6 Å². The van der Waals surface area contributed by atoms with Crippen molar-refractivity contribution in [3.63, 3.8) is 0 Å². The number of hydrogen-bond acceptors (Lipinski definition) is 3. The quantitative estimate of drug-likeness (QED) is 0.477. The van der Waals surface area contributed by atoms with Crippen molar-refractivity contribution in [3.8, 4) is 0 Å². The predicted octanol–water partition coefficient (Wildman–Crippen LogP) is 3.48. The zero-order chi connectivity index (χ0) is 12.3. The van der Waals surface area contributed by atoms with Crippen molar-refractivity contribution in [3.05, 3.63) is 71.2 Å². The predicted molar refractivity (Wildman–Crippen MR) is 66.4 cm³/mol. The minimum Gasteiger partial charge on any atom is -0.476 e. The Labute approximate surface area is 99.8 Å². The maximum Gasteiger partial charge on any atom is 0.429 e. The molecule has 0 aliphatic carbocycles. The molecule has 4 nitrogen and oxygen atoms in total. The van der Waals surface area contributed by atoms with Crippen LogP contribution in [-0.2, 0) is 4.74 Å². The lowest BCUT2D eigenvalue weighted by atomic mass is 10.2. The lowest BCUT2D eigenvalue weighted by Crippen LogP contribution is -1.89. The number of aliphatic hydroxyl groups is 1. The summed E-state index contributed by atoms with van der Waals surface area (Å²) in [6, 6.07) is 9.89. The van der Waals surface area contributed by atoms with Gasteiger partial charge in [0, 0.05) is 0 Å². The van der Waals surface area contributed by atoms with Crippen LogP contribution in [0.5, 0.6) is 0 Å². The first-order valence-corrected chi connectivity index (χ1v) is 5.07. The van der Waals surface area contributed by atoms with E-state index in [-0.39, 0.29) is 6.61 Å². The van der Waals surface area contributed by atoms with Gasteiger partial charge in [-0.25, -0.2) is 0 Å². The van der Waals surface area contributed by atoms with Gasteiger partial charge < -0.3 is 9.84 Å². The summed E-state index contributed by atoms with van der Waals surface area (Å²) in [5.74, 6) is -0.427. The van der Waals surface area contributed by atoms with Crippen molar-refractivity contribution < 1.29 is 9.84 Å². The van der Waals surface area contributed by atoms with Crippen molar-refractivity contribution in [1.29, 1.82) is 5.39 Å². The van der Waals surface area contributed by atoms with Crippen molar-refractivity contribution in [1.82, 2.24) is 0 Å². The molecule has 86 valence electrons. The molecule has 0 bridgehead atoms. The van der Waals surface area contributed by atoms with Crippen LogP contribution in [0.3, 0.4) is 0 Å². The Morgan fingerprint density at radius 2 is 2.06 bits per heavy atom. The van der Waals surface area contributed by atoms with Gasteiger partial charge in [0.2, 0.25) is 5.39 Å². The van der Waals surface area contributed by atoms with E-state index in [1.54, 1.807) is 12.2 Å². The summed E-state index contributed by atoms with van der Waals surface area (Å²) >= 11 is 0. The number of diazo groups is 1. The van der Waals surface area contributed by atoms with Crippen molar-refractivity contribution in [2.75, 3.05) is 6.61 Å². The first-order chi connectivity index (χ1) is 8.33. The minimum absolute atomic E-state index is 0.205. The molecule has 1 aromatic carbocycles.